The van der Waals surface area contributed by atoms with Crippen molar-refractivity contribution in [2.24, 2.45) is 16.7 Å². The van der Waals surface area contributed by atoms with E-state index in [-0.39, 0.29) is 22.8 Å². The number of hydrogen-bond acceptors (Lipinski definition) is 6. The molecule has 3 atom stereocenters. The number of carbonyl (C=O) groups excluding carboxylic acids is 1. The number of rotatable bonds is 5. The van der Waals surface area contributed by atoms with Crippen molar-refractivity contribution in [1.29, 1.82) is 0 Å². The van der Waals surface area contributed by atoms with Gasteiger partial charge in [0.2, 0.25) is 5.95 Å². The van der Waals surface area contributed by atoms with Crippen LogP contribution in [0.15, 0.2) is 36.5 Å². The highest BCUT2D eigenvalue weighted by Gasteiger charge is 2.61. The third-order valence-corrected chi connectivity index (χ3v) is 8.98. The van der Waals surface area contributed by atoms with Gasteiger partial charge in [-0.25, -0.2) is 9.97 Å². The molecule has 5 rings (SSSR count). The minimum atomic E-state index is -0.111. The van der Waals surface area contributed by atoms with Crippen molar-refractivity contribution in [3.05, 3.63) is 42.2 Å². The van der Waals surface area contributed by atoms with Gasteiger partial charge in [0, 0.05) is 49.8 Å². The van der Waals surface area contributed by atoms with E-state index in [1.165, 1.54) is 18.5 Å². The van der Waals surface area contributed by atoms with Crippen LogP contribution in [0.2, 0.25) is 0 Å². The maximum Gasteiger partial charge on any atom is 0.270 e. The predicted molar refractivity (Wildman–Crippen MR) is 132 cm³/mol. The lowest BCUT2D eigenvalue weighted by Gasteiger charge is -2.39. The van der Waals surface area contributed by atoms with Gasteiger partial charge in [-0.1, -0.05) is 20.8 Å². The number of nitrogens with one attached hydrogen (secondary N) is 2. The second kappa shape index (κ2) is 8.28. The number of nitrogens with zero attached hydrogens (tertiary/aromatic N) is 4. The average Bonchev–Trinajstić information content (AvgIpc) is 3.14. The van der Waals surface area contributed by atoms with Crippen LogP contribution in [0.5, 0.6) is 0 Å². The van der Waals surface area contributed by atoms with E-state index < -0.39 is 0 Å². The highest BCUT2D eigenvalue weighted by Crippen LogP contribution is 2.65. The van der Waals surface area contributed by atoms with Crippen LogP contribution in [0.4, 0.5) is 17.3 Å². The molecule has 3 unspecified atom stereocenters. The molecule has 1 aromatic heterocycles. The first-order valence-corrected chi connectivity index (χ1v) is 12.2. The van der Waals surface area contributed by atoms with Gasteiger partial charge in [0.05, 0.1) is 0 Å². The van der Waals surface area contributed by atoms with E-state index in [9.17, 15) is 4.79 Å². The molecule has 33 heavy (non-hydrogen) atoms. The summed E-state index contributed by atoms with van der Waals surface area (Å²) in [6.45, 7) is 11.3. The Morgan fingerprint density at radius 2 is 1.79 bits per heavy atom. The van der Waals surface area contributed by atoms with Crippen LogP contribution in [0.3, 0.4) is 0 Å². The topological polar surface area (TPSA) is 73.4 Å². The minimum absolute atomic E-state index is 0.111. The Morgan fingerprint density at radius 3 is 2.42 bits per heavy atom. The molecule has 1 amide bonds. The largest absolute Gasteiger partial charge is 0.369 e. The molecule has 7 nitrogen and oxygen atoms in total. The first-order chi connectivity index (χ1) is 15.8. The van der Waals surface area contributed by atoms with Crippen molar-refractivity contribution in [1.82, 2.24) is 20.2 Å². The first-order valence-electron chi connectivity index (χ1n) is 12.2. The quantitative estimate of drug-likeness (QED) is 0.722. The maximum atomic E-state index is 13.0. The Kier molecular flexibility index (Phi) is 5.55. The Bertz CT molecular complexity index is 1010. The van der Waals surface area contributed by atoms with Crippen LogP contribution in [0.1, 0.15) is 50.5 Å². The van der Waals surface area contributed by atoms with Gasteiger partial charge in [-0.3, -0.25) is 4.79 Å². The van der Waals surface area contributed by atoms with Gasteiger partial charge in [-0.15, -0.1) is 0 Å². The van der Waals surface area contributed by atoms with Gasteiger partial charge in [-0.05, 0) is 73.4 Å². The minimum Gasteiger partial charge on any atom is -0.369 e. The number of anilines is 3. The van der Waals surface area contributed by atoms with Gasteiger partial charge in [0.1, 0.15) is 5.69 Å². The van der Waals surface area contributed by atoms with Gasteiger partial charge in [0.15, 0.2) is 0 Å². The molecular weight excluding hydrogens is 412 g/mol. The van der Waals surface area contributed by atoms with Gasteiger partial charge in [-0.2, -0.15) is 0 Å². The molecule has 1 aliphatic heterocycles. The Hall–Kier alpha value is -2.67. The summed E-state index contributed by atoms with van der Waals surface area (Å²) >= 11 is 0. The molecule has 0 radical (unpaired) electrons. The maximum absolute atomic E-state index is 13.0. The summed E-state index contributed by atoms with van der Waals surface area (Å²) in [6.07, 6.45) is 5.15. The lowest BCUT2D eigenvalue weighted by atomic mass is 9.69. The highest BCUT2D eigenvalue weighted by atomic mass is 16.2. The summed E-state index contributed by atoms with van der Waals surface area (Å²) in [4.78, 5) is 26.6. The number of carbonyl (C=O) groups is 1. The third kappa shape index (κ3) is 3.97. The first kappa shape index (κ1) is 22.1. The van der Waals surface area contributed by atoms with Crippen molar-refractivity contribution >= 4 is 23.2 Å². The molecule has 1 saturated heterocycles. The molecule has 3 fully saturated rings. The third-order valence-electron chi connectivity index (χ3n) is 8.98. The highest BCUT2D eigenvalue weighted by molar-refractivity contribution is 5.92. The van der Waals surface area contributed by atoms with Crippen molar-refractivity contribution in [2.75, 3.05) is 43.4 Å². The Balaban J connectivity index is 1.23. The van der Waals surface area contributed by atoms with Crippen LogP contribution in [0, 0.1) is 16.7 Å². The second-order valence-electron chi connectivity index (χ2n) is 10.9. The zero-order valence-corrected chi connectivity index (χ0v) is 20.3. The fraction of sp³-hybridized carbons (Fsp3) is 0.577. The van der Waals surface area contributed by atoms with Crippen molar-refractivity contribution in [3.8, 4) is 0 Å². The lowest BCUT2D eigenvalue weighted by Crippen LogP contribution is -2.47. The summed E-state index contributed by atoms with van der Waals surface area (Å²) in [7, 11) is 2.16. The second-order valence-corrected chi connectivity index (χ2v) is 10.9. The van der Waals surface area contributed by atoms with E-state index in [0.717, 1.165) is 38.3 Å². The number of fused-ring (bicyclic) bond motifs is 2. The predicted octanol–water partition coefficient (Wildman–Crippen LogP) is 3.92. The fourth-order valence-corrected chi connectivity index (χ4v) is 6.15. The van der Waals surface area contributed by atoms with Gasteiger partial charge < -0.3 is 20.4 Å². The summed E-state index contributed by atoms with van der Waals surface area (Å²) < 4.78 is 0. The molecule has 7 heteroatoms. The average molecular weight is 449 g/mol. The number of aromatic nitrogens is 2. The molecule has 2 bridgehead atoms. The Morgan fingerprint density at radius 1 is 1.06 bits per heavy atom. The van der Waals surface area contributed by atoms with E-state index in [2.05, 4.69) is 70.4 Å². The molecule has 2 aromatic rings. The standard InChI is InChI=1S/C26H36N6O/c1-25(2)18-9-11-26(25,3)22(17-18)30-23(33)21-10-12-27-24(29-21)28-19-5-7-20(8-6-19)32-15-13-31(4)14-16-32/h5-8,10,12,18,22H,9,11,13-17H2,1-4H3,(H,30,33)(H,27,28,29). The Labute approximate surface area is 197 Å². The molecule has 3 aliphatic rings. The number of piperazine rings is 1. The molecular formula is C26H36N6O. The monoisotopic (exact) mass is 448 g/mol. The number of amides is 1. The van der Waals surface area contributed by atoms with Crippen LogP contribution in [0.25, 0.3) is 0 Å². The molecule has 176 valence electrons. The van der Waals surface area contributed by atoms with Crippen LogP contribution < -0.4 is 15.5 Å². The summed E-state index contributed by atoms with van der Waals surface area (Å²) in [5.74, 6) is 1.01. The molecule has 0 spiro atoms. The molecule has 2 heterocycles. The molecule has 1 aromatic carbocycles. The van der Waals surface area contributed by atoms with Gasteiger partial charge in [0.25, 0.3) is 5.91 Å². The van der Waals surface area contributed by atoms with E-state index in [0.29, 0.717) is 17.6 Å². The number of benzene rings is 1. The smallest absolute Gasteiger partial charge is 0.270 e. The molecule has 2 N–H and O–H groups in total. The SMILES string of the molecule is CN1CCN(c2ccc(Nc3nccc(C(=O)NC4CC5CCC4(C)C5(C)C)n3)cc2)CC1. The van der Waals surface area contributed by atoms with E-state index in [1.54, 1.807) is 12.3 Å². The molecule has 2 aliphatic carbocycles. The van der Waals surface area contributed by atoms with Crippen LogP contribution in [-0.4, -0.2) is 60.0 Å². The molecule has 2 saturated carbocycles. The lowest BCUT2D eigenvalue weighted by molar-refractivity contribution is 0.0821. The normalized spacial score (nSPS) is 28.7. The zero-order valence-electron chi connectivity index (χ0n) is 20.3. The van der Waals surface area contributed by atoms with Crippen LogP contribution >= 0.6 is 0 Å². The van der Waals surface area contributed by atoms with E-state index >= 15 is 0 Å². The number of likely N-dealkylation sites (N-methyl/N-ethyl adjacent to an activating group) is 1. The van der Waals surface area contributed by atoms with Crippen molar-refractivity contribution < 1.29 is 4.79 Å². The fourth-order valence-electron chi connectivity index (χ4n) is 6.15. The van der Waals surface area contributed by atoms with Crippen LogP contribution in [-0.2, 0) is 0 Å². The van der Waals surface area contributed by atoms with E-state index in [1.807, 2.05) is 12.1 Å². The summed E-state index contributed by atoms with van der Waals surface area (Å²) in [5.41, 5.74) is 2.95. The number of hydrogen-bond donors (Lipinski definition) is 2. The summed E-state index contributed by atoms with van der Waals surface area (Å²) in [6, 6.07) is 10.2. The summed E-state index contributed by atoms with van der Waals surface area (Å²) in [5, 5.41) is 6.54. The van der Waals surface area contributed by atoms with E-state index in [4.69, 9.17) is 0 Å². The zero-order chi connectivity index (χ0) is 23.2. The van der Waals surface area contributed by atoms with Crippen molar-refractivity contribution in [2.45, 2.75) is 46.1 Å². The van der Waals surface area contributed by atoms with Gasteiger partial charge >= 0.3 is 0 Å². The van der Waals surface area contributed by atoms with Crippen molar-refractivity contribution in [3.63, 3.8) is 0 Å².